The number of carbonyl (C=O) groups is 1. The molecule has 2 N–H and O–H groups in total. The summed E-state index contributed by atoms with van der Waals surface area (Å²) in [6.07, 6.45) is 8.41. The fourth-order valence-corrected chi connectivity index (χ4v) is 1.11. The molecule has 0 saturated carbocycles. The molecular formula is C10H16N2O. The standard InChI is InChI=1S/C10H16N2O/c1-2-3-7-12-10(13)9-5-4-6-11-8-9/h4,6,8,11H,2-3,5,7H2,1H3,(H,12,13). The molecule has 0 saturated heterocycles. The van der Waals surface area contributed by atoms with E-state index in [0.29, 0.717) is 0 Å². The van der Waals surface area contributed by atoms with Crippen molar-refractivity contribution >= 4 is 5.91 Å². The molecule has 72 valence electrons. The van der Waals surface area contributed by atoms with Crippen LogP contribution in [0.5, 0.6) is 0 Å². The first-order chi connectivity index (χ1) is 6.34. The normalized spacial score (nSPS) is 14.7. The maximum absolute atomic E-state index is 11.4. The van der Waals surface area contributed by atoms with Crippen molar-refractivity contribution in [2.24, 2.45) is 0 Å². The lowest BCUT2D eigenvalue weighted by atomic mass is 10.1. The van der Waals surface area contributed by atoms with Gasteiger partial charge in [0.15, 0.2) is 0 Å². The lowest BCUT2D eigenvalue weighted by molar-refractivity contribution is -0.117. The predicted octanol–water partition coefficient (Wildman–Crippen LogP) is 1.29. The van der Waals surface area contributed by atoms with Gasteiger partial charge in [-0.05, 0) is 19.0 Å². The SMILES string of the molecule is CCCCNC(=O)C1=CNC=CC1. The van der Waals surface area contributed by atoms with Crippen molar-refractivity contribution in [2.75, 3.05) is 6.54 Å². The molecule has 1 amide bonds. The highest BCUT2D eigenvalue weighted by molar-refractivity contribution is 5.93. The summed E-state index contributed by atoms with van der Waals surface area (Å²) < 4.78 is 0. The van der Waals surface area contributed by atoms with Crippen molar-refractivity contribution in [1.82, 2.24) is 10.6 Å². The fraction of sp³-hybridized carbons (Fsp3) is 0.500. The lowest BCUT2D eigenvalue weighted by Crippen LogP contribution is -2.27. The van der Waals surface area contributed by atoms with Crippen molar-refractivity contribution in [1.29, 1.82) is 0 Å². The quantitative estimate of drug-likeness (QED) is 0.640. The highest BCUT2D eigenvalue weighted by Crippen LogP contribution is 2.04. The molecule has 0 spiro atoms. The van der Waals surface area contributed by atoms with Crippen LogP contribution in [0.1, 0.15) is 26.2 Å². The third kappa shape index (κ3) is 3.32. The Morgan fingerprint density at radius 1 is 1.69 bits per heavy atom. The number of dihydropyridines is 1. The minimum Gasteiger partial charge on any atom is -0.367 e. The van der Waals surface area contributed by atoms with E-state index in [1.807, 2.05) is 12.3 Å². The van der Waals surface area contributed by atoms with Crippen molar-refractivity contribution in [3.63, 3.8) is 0 Å². The number of allylic oxidation sites excluding steroid dienone is 1. The average molecular weight is 180 g/mol. The summed E-state index contributed by atoms with van der Waals surface area (Å²) in [7, 11) is 0. The van der Waals surface area contributed by atoms with Crippen LogP contribution in [0.15, 0.2) is 24.0 Å². The molecule has 0 aromatic heterocycles. The molecule has 0 bridgehead atoms. The second kappa shape index (κ2) is 5.41. The summed E-state index contributed by atoms with van der Waals surface area (Å²) in [5.41, 5.74) is 0.804. The van der Waals surface area contributed by atoms with Gasteiger partial charge < -0.3 is 10.6 Å². The van der Waals surface area contributed by atoms with Gasteiger partial charge in [0, 0.05) is 18.3 Å². The molecular weight excluding hydrogens is 164 g/mol. The summed E-state index contributed by atoms with van der Waals surface area (Å²) >= 11 is 0. The van der Waals surface area contributed by atoms with Crippen LogP contribution in [-0.2, 0) is 4.79 Å². The van der Waals surface area contributed by atoms with Gasteiger partial charge >= 0.3 is 0 Å². The summed E-state index contributed by atoms with van der Waals surface area (Å²) in [5.74, 6) is 0.0466. The first-order valence-corrected chi connectivity index (χ1v) is 4.73. The van der Waals surface area contributed by atoms with Crippen LogP contribution in [0.25, 0.3) is 0 Å². The van der Waals surface area contributed by atoms with Gasteiger partial charge in [-0.1, -0.05) is 19.4 Å². The number of nitrogens with one attached hydrogen (secondary N) is 2. The first kappa shape index (κ1) is 9.84. The predicted molar refractivity (Wildman–Crippen MR) is 52.9 cm³/mol. The van der Waals surface area contributed by atoms with Crippen molar-refractivity contribution in [3.05, 3.63) is 24.0 Å². The van der Waals surface area contributed by atoms with E-state index in [-0.39, 0.29) is 5.91 Å². The lowest BCUT2D eigenvalue weighted by Gasteiger charge is -2.09. The van der Waals surface area contributed by atoms with Crippen LogP contribution in [0.2, 0.25) is 0 Å². The third-order valence-electron chi connectivity index (χ3n) is 1.92. The molecule has 3 nitrogen and oxygen atoms in total. The van der Waals surface area contributed by atoms with Crippen molar-refractivity contribution < 1.29 is 4.79 Å². The number of rotatable bonds is 4. The Hall–Kier alpha value is -1.25. The van der Waals surface area contributed by atoms with E-state index in [1.54, 1.807) is 6.20 Å². The van der Waals surface area contributed by atoms with Gasteiger partial charge in [-0.15, -0.1) is 0 Å². The Balaban J connectivity index is 2.26. The molecule has 1 rings (SSSR count). The minimum atomic E-state index is 0.0466. The van der Waals surface area contributed by atoms with Gasteiger partial charge in [0.2, 0.25) is 5.91 Å². The van der Waals surface area contributed by atoms with E-state index >= 15 is 0 Å². The number of carbonyl (C=O) groups excluding carboxylic acids is 1. The van der Waals surface area contributed by atoms with E-state index in [4.69, 9.17) is 0 Å². The number of amides is 1. The Labute approximate surface area is 78.9 Å². The van der Waals surface area contributed by atoms with Crippen LogP contribution >= 0.6 is 0 Å². The highest BCUT2D eigenvalue weighted by atomic mass is 16.1. The van der Waals surface area contributed by atoms with Crippen LogP contribution in [-0.4, -0.2) is 12.5 Å². The molecule has 3 heteroatoms. The maximum Gasteiger partial charge on any atom is 0.248 e. The van der Waals surface area contributed by atoms with Gasteiger partial charge in [0.25, 0.3) is 0 Å². The molecule has 0 aliphatic carbocycles. The monoisotopic (exact) mass is 180 g/mol. The highest BCUT2D eigenvalue weighted by Gasteiger charge is 2.07. The van der Waals surface area contributed by atoms with E-state index in [1.165, 1.54) is 0 Å². The van der Waals surface area contributed by atoms with Gasteiger partial charge in [0.1, 0.15) is 0 Å². The van der Waals surface area contributed by atoms with Crippen LogP contribution in [0.4, 0.5) is 0 Å². The van der Waals surface area contributed by atoms with E-state index in [9.17, 15) is 4.79 Å². The summed E-state index contributed by atoms with van der Waals surface area (Å²) in [4.78, 5) is 11.4. The largest absolute Gasteiger partial charge is 0.367 e. The molecule has 0 fully saturated rings. The molecule has 0 radical (unpaired) electrons. The molecule has 0 aromatic carbocycles. The number of unbranched alkanes of at least 4 members (excludes halogenated alkanes) is 1. The molecule has 0 atom stereocenters. The fourth-order valence-electron chi connectivity index (χ4n) is 1.11. The summed E-state index contributed by atoms with van der Waals surface area (Å²) in [6, 6.07) is 0. The zero-order valence-corrected chi connectivity index (χ0v) is 7.97. The van der Waals surface area contributed by atoms with Crippen molar-refractivity contribution in [3.8, 4) is 0 Å². The number of hydrogen-bond acceptors (Lipinski definition) is 2. The van der Waals surface area contributed by atoms with E-state index in [2.05, 4.69) is 17.6 Å². The van der Waals surface area contributed by atoms with E-state index < -0.39 is 0 Å². The number of hydrogen-bond donors (Lipinski definition) is 2. The molecule has 13 heavy (non-hydrogen) atoms. The zero-order chi connectivity index (χ0) is 9.52. The van der Waals surface area contributed by atoms with Gasteiger partial charge in [0.05, 0.1) is 0 Å². The Morgan fingerprint density at radius 3 is 3.15 bits per heavy atom. The average Bonchev–Trinajstić information content (AvgIpc) is 2.19. The molecule has 1 heterocycles. The second-order valence-corrected chi connectivity index (χ2v) is 3.05. The van der Waals surface area contributed by atoms with Crippen LogP contribution < -0.4 is 10.6 Å². The summed E-state index contributed by atoms with van der Waals surface area (Å²) in [5, 5.41) is 5.77. The van der Waals surface area contributed by atoms with Crippen LogP contribution in [0.3, 0.4) is 0 Å². The molecule has 1 aliphatic heterocycles. The Morgan fingerprint density at radius 2 is 2.54 bits per heavy atom. The maximum atomic E-state index is 11.4. The first-order valence-electron chi connectivity index (χ1n) is 4.73. The molecule has 1 aliphatic rings. The zero-order valence-electron chi connectivity index (χ0n) is 7.97. The van der Waals surface area contributed by atoms with Crippen molar-refractivity contribution in [2.45, 2.75) is 26.2 Å². The molecule has 0 unspecified atom stereocenters. The third-order valence-corrected chi connectivity index (χ3v) is 1.92. The molecule has 0 aromatic rings. The minimum absolute atomic E-state index is 0.0466. The second-order valence-electron chi connectivity index (χ2n) is 3.05. The van der Waals surface area contributed by atoms with E-state index in [0.717, 1.165) is 31.4 Å². The Bertz CT molecular complexity index is 231. The topological polar surface area (TPSA) is 41.1 Å². The summed E-state index contributed by atoms with van der Waals surface area (Å²) in [6.45, 7) is 2.88. The van der Waals surface area contributed by atoms with Gasteiger partial charge in [-0.3, -0.25) is 4.79 Å². The van der Waals surface area contributed by atoms with Gasteiger partial charge in [-0.25, -0.2) is 0 Å². The smallest absolute Gasteiger partial charge is 0.248 e. The van der Waals surface area contributed by atoms with Crippen LogP contribution in [0, 0.1) is 0 Å². The van der Waals surface area contributed by atoms with Gasteiger partial charge in [-0.2, -0.15) is 0 Å². The Kier molecular flexibility index (Phi) is 4.09.